The second-order valence-corrected chi connectivity index (χ2v) is 7.38. The molecule has 0 aliphatic carbocycles. The van der Waals surface area contributed by atoms with Crippen molar-refractivity contribution in [1.82, 2.24) is 4.90 Å². The van der Waals surface area contributed by atoms with Crippen LogP contribution in [0.3, 0.4) is 0 Å². The summed E-state index contributed by atoms with van der Waals surface area (Å²) in [6, 6.07) is 0. The predicted molar refractivity (Wildman–Crippen MR) is 69.8 cm³/mol. The van der Waals surface area contributed by atoms with E-state index in [1.165, 1.54) is 0 Å². The largest absolute Gasteiger partial charge is 0.393 e. The van der Waals surface area contributed by atoms with Gasteiger partial charge in [0.1, 0.15) is 0 Å². The van der Waals surface area contributed by atoms with Gasteiger partial charge in [-0.15, -0.1) is 0 Å². The highest BCUT2D eigenvalue weighted by Gasteiger charge is 2.23. The van der Waals surface area contributed by atoms with Gasteiger partial charge in [0.25, 0.3) is 0 Å². The molecule has 0 aromatic heterocycles. The van der Waals surface area contributed by atoms with Crippen LogP contribution in [-0.4, -0.2) is 55.7 Å². The molecule has 5 heteroatoms. The van der Waals surface area contributed by atoms with Crippen LogP contribution < -0.4 is 0 Å². The van der Waals surface area contributed by atoms with Gasteiger partial charge in [-0.3, -0.25) is 0 Å². The summed E-state index contributed by atoms with van der Waals surface area (Å²) in [5.74, 6) is 0.968. The van der Waals surface area contributed by atoms with E-state index in [0.717, 1.165) is 25.9 Å². The van der Waals surface area contributed by atoms with Crippen molar-refractivity contribution < 1.29 is 13.5 Å². The van der Waals surface area contributed by atoms with Crippen molar-refractivity contribution in [3.63, 3.8) is 0 Å². The van der Waals surface area contributed by atoms with Crippen molar-refractivity contribution in [1.29, 1.82) is 0 Å². The Morgan fingerprint density at radius 1 is 1.29 bits per heavy atom. The second-order valence-electron chi connectivity index (χ2n) is 5.07. The van der Waals surface area contributed by atoms with Crippen LogP contribution in [0.5, 0.6) is 0 Å². The van der Waals surface area contributed by atoms with Gasteiger partial charge in [-0.25, -0.2) is 8.42 Å². The van der Waals surface area contributed by atoms with Gasteiger partial charge in [-0.05, 0) is 45.2 Å². The predicted octanol–water partition coefficient (Wildman–Crippen LogP) is 0.904. The Labute approximate surface area is 105 Å². The smallest absolute Gasteiger partial charge is 0.151 e. The molecule has 1 unspecified atom stereocenters. The third-order valence-electron chi connectivity index (χ3n) is 3.55. The number of hydrogen-bond acceptors (Lipinski definition) is 4. The quantitative estimate of drug-likeness (QED) is 0.774. The van der Waals surface area contributed by atoms with Crippen molar-refractivity contribution in [3.8, 4) is 0 Å². The highest BCUT2D eigenvalue weighted by atomic mass is 32.2. The van der Waals surface area contributed by atoms with Crippen molar-refractivity contribution in [2.75, 3.05) is 31.1 Å². The molecule has 0 aromatic carbocycles. The van der Waals surface area contributed by atoms with Gasteiger partial charge in [0.05, 0.1) is 11.9 Å². The van der Waals surface area contributed by atoms with Crippen LogP contribution in [0.15, 0.2) is 0 Å². The first-order valence-electron chi connectivity index (χ1n) is 6.55. The molecular weight excluding hydrogens is 238 g/mol. The van der Waals surface area contributed by atoms with Gasteiger partial charge in [0, 0.05) is 12.3 Å². The van der Waals surface area contributed by atoms with Crippen LogP contribution >= 0.6 is 0 Å². The van der Waals surface area contributed by atoms with Crippen LogP contribution in [0, 0.1) is 5.92 Å². The van der Waals surface area contributed by atoms with E-state index >= 15 is 0 Å². The zero-order valence-corrected chi connectivity index (χ0v) is 11.7. The summed E-state index contributed by atoms with van der Waals surface area (Å²) in [4.78, 5) is 2.20. The molecule has 1 heterocycles. The average Bonchev–Trinajstić information content (AvgIpc) is 2.27. The molecular formula is C12H25NO3S. The number of piperidine rings is 1. The number of hydrogen-bond donors (Lipinski definition) is 1. The van der Waals surface area contributed by atoms with Gasteiger partial charge in [-0.2, -0.15) is 0 Å². The molecule has 0 radical (unpaired) electrons. The molecule has 17 heavy (non-hydrogen) atoms. The van der Waals surface area contributed by atoms with Gasteiger partial charge in [0.2, 0.25) is 0 Å². The molecule has 0 spiro atoms. The molecule has 1 aliphatic rings. The van der Waals surface area contributed by atoms with Crippen molar-refractivity contribution >= 4 is 9.84 Å². The summed E-state index contributed by atoms with van der Waals surface area (Å²) >= 11 is 0. The summed E-state index contributed by atoms with van der Waals surface area (Å²) in [5, 5.41) is 9.48. The number of likely N-dealkylation sites (tertiary alicyclic amines) is 1. The first-order chi connectivity index (χ1) is 7.94. The van der Waals surface area contributed by atoms with E-state index < -0.39 is 9.84 Å². The molecule has 0 bridgehead atoms. The SMILES string of the molecule is CCCS(=O)(=O)CCN1CCC(C(C)O)CC1. The maximum absolute atomic E-state index is 11.6. The fourth-order valence-corrected chi connectivity index (χ4v) is 3.70. The van der Waals surface area contributed by atoms with Crippen LogP contribution in [0.2, 0.25) is 0 Å². The van der Waals surface area contributed by atoms with Crippen molar-refractivity contribution in [2.45, 2.75) is 39.2 Å². The van der Waals surface area contributed by atoms with Crippen molar-refractivity contribution in [3.05, 3.63) is 0 Å². The molecule has 1 atom stereocenters. The summed E-state index contributed by atoms with van der Waals surface area (Å²) < 4.78 is 23.2. The molecule has 1 aliphatic heterocycles. The summed E-state index contributed by atoms with van der Waals surface area (Å²) in [6.45, 7) is 6.21. The Morgan fingerprint density at radius 3 is 2.35 bits per heavy atom. The number of nitrogens with zero attached hydrogens (tertiary/aromatic N) is 1. The second kappa shape index (κ2) is 6.71. The fraction of sp³-hybridized carbons (Fsp3) is 1.00. The Morgan fingerprint density at radius 2 is 1.88 bits per heavy atom. The molecule has 1 fully saturated rings. The Kier molecular flexibility index (Phi) is 5.89. The Balaban J connectivity index is 2.27. The average molecular weight is 263 g/mol. The van der Waals surface area contributed by atoms with E-state index in [4.69, 9.17) is 0 Å². The third kappa shape index (κ3) is 5.36. The summed E-state index contributed by atoms with van der Waals surface area (Å²) in [5.41, 5.74) is 0. The topological polar surface area (TPSA) is 57.6 Å². The first-order valence-corrected chi connectivity index (χ1v) is 8.37. The lowest BCUT2D eigenvalue weighted by atomic mass is 9.92. The molecule has 0 amide bonds. The van der Waals surface area contributed by atoms with Gasteiger partial charge in [0.15, 0.2) is 9.84 Å². The lowest BCUT2D eigenvalue weighted by Crippen LogP contribution is -2.39. The van der Waals surface area contributed by atoms with E-state index in [9.17, 15) is 13.5 Å². The fourth-order valence-electron chi connectivity index (χ4n) is 2.34. The molecule has 102 valence electrons. The summed E-state index contributed by atoms with van der Waals surface area (Å²) in [7, 11) is -2.85. The normalized spacial score (nSPS) is 21.6. The minimum Gasteiger partial charge on any atom is -0.393 e. The highest BCUT2D eigenvalue weighted by molar-refractivity contribution is 7.91. The molecule has 4 nitrogen and oxygen atoms in total. The first kappa shape index (κ1) is 14.9. The van der Waals surface area contributed by atoms with Crippen molar-refractivity contribution in [2.24, 2.45) is 5.92 Å². The zero-order valence-electron chi connectivity index (χ0n) is 10.9. The molecule has 0 saturated carbocycles. The van der Waals surface area contributed by atoms with Gasteiger partial charge < -0.3 is 10.0 Å². The maximum atomic E-state index is 11.6. The minimum absolute atomic E-state index is 0.235. The Hall–Kier alpha value is -0.130. The van der Waals surface area contributed by atoms with Crippen LogP contribution in [-0.2, 0) is 9.84 Å². The number of aliphatic hydroxyl groups excluding tert-OH is 1. The lowest BCUT2D eigenvalue weighted by Gasteiger charge is -2.33. The molecule has 1 N–H and O–H groups in total. The standard InChI is InChI=1S/C12H25NO3S/c1-3-9-17(15,16)10-8-13-6-4-12(5-7-13)11(2)14/h11-12,14H,3-10H2,1-2H3. The zero-order chi connectivity index (χ0) is 12.9. The van der Waals surface area contributed by atoms with Gasteiger partial charge in [-0.1, -0.05) is 6.92 Å². The molecule has 0 aromatic rings. The van der Waals surface area contributed by atoms with E-state index in [1.807, 2.05) is 13.8 Å². The number of sulfone groups is 1. The minimum atomic E-state index is -2.85. The monoisotopic (exact) mass is 263 g/mol. The number of rotatable bonds is 6. The van der Waals surface area contributed by atoms with E-state index in [-0.39, 0.29) is 11.9 Å². The Bertz CT molecular complexity index is 306. The third-order valence-corrected chi connectivity index (χ3v) is 5.38. The van der Waals surface area contributed by atoms with Crippen LogP contribution in [0.25, 0.3) is 0 Å². The number of aliphatic hydroxyl groups is 1. The van der Waals surface area contributed by atoms with Crippen LogP contribution in [0.4, 0.5) is 0 Å². The molecule has 1 saturated heterocycles. The summed E-state index contributed by atoms with van der Waals surface area (Å²) in [6.07, 6.45) is 2.42. The van der Waals surface area contributed by atoms with E-state index in [1.54, 1.807) is 0 Å². The van der Waals surface area contributed by atoms with Gasteiger partial charge >= 0.3 is 0 Å². The van der Waals surface area contributed by atoms with Crippen LogP contribution in [0.1, 0.15) is 33.1 Å². The lowest BCUT2D eigenvalue weighted by molar-refractivity contribution is 0.0739. The van der Waals surface area contributed by atoms with E-state index in [2.05, 4.69) is 4.90 Å². The highest BCUT2D eigenvalue weighted by Crippen LogP contribution is 2.20. The molecule has 1 rings (SSSR count). The van der Waals surface area contributed by atoms with E-state index in [0.29, 0.717) is 24.6 Å². The maximum Gasteiger partial charge on any atom is 0.151 e.